The lowest BCUT2D eigenvalue weighted by Gasteiger charge is -2.10. The Hall–Kier alpha value is -6.65. The maximum Gasteiger partial charge on any atom is 0.164 e. The third-order valence-corrected chi connectivity index (χ3v) is 8.91. The smallest absolute Gasteiger partial charge is 0.164 e. The Balaban J connectivity index is 1.21. The van der Waals surface area contributed by atoms with Gasteiger partial charge < -0.3 is 4.42 Å². The van der Waals surface area contributed by atoms with Crippen LogP contribution in [0.2, 0.25) is 0 Å². The molecule has 0 N–H and O–H groups in total. The number of aromatic nitrogens is 3. The van der Waals surface area contributed by atoms with Gasteiger partial charge in [-0.15, -0.1) is 0 Å². The van der Waals surface area contributed by atoms with E-state index in [9.17, 15) is 0 Å². The van der Waals surface area contributed by atoms with Gasteiger partial charge in [0.2, 0.25) is 0 Å². The minimum Gasteiger partial charge on any atom is -0.456 e. The molecule has 0 fully saturated rings. The summed E-state index contributed by atoms with van der Waals surface area (Å²) in [5.41, 5.74) is 11.0. The summed E-state index contributed by atoms with van der Waals surface area (Å²) in [6.07, 6.45) is 5.97. The van der Waals surface area contributed by atoms with Gasteiger partial charge in [0.1, 0.15) is 11.2 Å². The summed E-state index contributed by atoms with van der Waals surface area (Å²) in [5.74, 6) is 1.83. The monoisotopic (exact) mass is 643 g/mol. The second-order valence-electron chi connectivity index (χ2n) is 12.2. The predicted octanol–water partition coefficient (Wildman–Crippen LogP) is 12.1. The summed E-state index contributed by atoms with van der Waals surface area (Å²) >= 11 is 0. The van der Waals surface area contributed by atoms with Crippen LogP contribution >= 0.6 is 0 Å². The lowest BCUT2D eigenvalue weighted by Crippen LogP contribution is -2.02. The van der Waals surface area contributed by atoms with Gasteiger partial charge in [0.05, 0.1) is 0 Å². The highest BCUT2D eigenvalue weighted by Gasteiger charge is 2.14. The third-order valence-electron chi connectivity index (χ3n) is 8.91. The molecule has 0 atom stereocenters. The van der Waals surface area contributed by atoms with E-state index in [0.29, 0.717) is 17.5 Å². The third kappa shape index (κ3) is 6.18. The van der Waals surface area contributed by atoms with Crippen LogP contribution in [0.25, 0.3) is 78.1 Å². The molecule has 0 saturated carbocycles. The van der Waals surface area contributed by atoms with Crippen LogP contribution in [0.3, 0.4) is 0 Å². The molecule has 8 aromatic rings. The van der Waals surface area contributed by atoms with E-state index in [1.54, 1.807) is 0 Å². The fraction of sp³-hybridized carbons (Fsp3) is 0.0217. The fourth-order valence-corrected chi connectivity index (χ4v) is 6.20. The Bertz CT molecular complexity index is 2540. The molecule has 0 bridgehead atoms. The summed E-state index contributed by atoms with van der Waals surface area (Å²) < 4.78 is 6.20. The summed E-state index contributed by atoms with van der Waals surface area (Å²) in [6, 6.07) is 51.8. The molecule has 2 heterocycles. The maximum atomic E-state index is 6.20. The highest BCUT2D eigenvalue weighted by atomic mass is 16.3. The Morgan fingerprint density at radius 3 is 1.86 bits per heavy atom. The van der Waals surface area contributed by atoms with Crippen LogP contribution in [0, 0.1) is 0 Å². The molecule has 8 rings (SSSR count). The number of hydrogen-bond donors (Lipinski definition) is 0. The maximum absolute atomic E-state index is 6.20. The van der Waals surface area contributed by atoms with Gasteiger partial charge in [-0.2, -0.15) is 0 Å². The number of fused-ring (bicyclic) bond motifs is 3. The average molecular weight is 644 g/mol. The number of para-hydroxylation sites is 1. The van der Waals surface area contributed by atoms with Gasteiger partial charge in [-0.3, -0.25) is 0 Å². The topological polar surface area (TPSA) is 51.8 Å². The molecule has 0 aliphatic carbocycles. The van der Waals surface area contributed by atoms with Crippen LogP contribution in [-0.2, 0) is 0 Å². The van der Waals surface area contributed by atoms with E-state index in [0.717, 1.165) is 72.0 Å². The molecule has 0 unspecified atom stereocenters. The minimum atomic E-state index is 0.604. The first kappa shape index (κ1) is 30.7. The van der Waals surface area contributed by atoms with Crippen LogP contribution in [0.4, 0.5) is 0 Å². The summed E-state index contributed by atoms with van der Waals surface area (Å²) in [4.78, 5) is 15.0. The largest absolute Gasteiger partial charge is 0.456 e. The Morgan fingerprint density at radius 2 is 1.08 bits per heavy atom. The molecule has 4 nitrogen and oxygen atoms in total. The van der Waals surface area contributed by atoms with Crippen molar-refractivity contribution in [1.82, 2.24) is 15.0 Å². The minimum absolute atomic E-state index is 0.604. The lowest BCUT2D eigenvalue weighted by molar-refractivity contribution is 0.669. The van der Waals surface area contributed by atoms with Crippen molar-refractivity contribution in [2.75, 3.05) is 0 Å². The fourth-order valence-electron chi connectivity index (χ4n) is 6.20. The molecule has 0 aliphatic rings. The molecule has 50 heavy (non-hydrogen) atoms. The normalized spacial score (nSPS) is 12.0. The summed E-state index contributed by atoms with van der Waals surface area (Å²) in [7, 11) is 0. The van der Waals surface area contributed by atoms with E-state index >= 15 is 0 Å². The highest BCUT2D eigenvalue weighted by Crippen LogP contribution is 2.34. The molecule has 4 heteroatoms. The van der Waals surface area contributed by atoms with Crippen molar-refractivity contribution < 1.29 is 4.42 Å². The van der Waals surface area contributed by atoms with Crippen molar-refractivity contribution >= 4 is 33.1 Å². The zero-order valence-electron chi connectivity index (χ0n) is 27.6. The van der Waals surface area contributed by atoms with Crippen molar-refractivity contribution in [3.8, 4) is 45.0 Å². The van der Waals surface area contributed by atoms with Gasteiger partial charge in [-0.05, 0) is 70.2 Å². The van der Waals surface area contributed by atoms with E-state index in [2.05, 4.69) is 116 Å². The van der Waals surface area contributed by atoms with Gasteiger partial charge in [0.25, 0.3) is 0 Å². The van der Waals surface area contributed by atoms with Crippen LogP contribution in [0.1, 0.15) is 18.3 Å². The first-order chi connectivity index (χ1) is 24.6. The first-order valence-electron chi connectivity index (χ1n) is 16.6. The highest BCUT2D eigenvalue weighted by molar-refractivity contribution is 6.05. The second kappa shape index (κ2) is 13.5. The standard InChI is InChI=1S/C46H33N3O/c1-3-32(33-13-6-4-7-14-33)22-21-31(2)44-47-45(36-25-23-35(24-26-36)34-15-8-5-9-16-34)49-46(48-44)39-18-12-17-37(29-39)38-27-28-41-40-19-10-11-20-42(40)50-43(41)30-38/h3-30H,1H2,2H3/b31-21+,32-22+. The molecule has 0 saturated heterocycles. The Morgan fingerprint density at radius 1 is 0.500 bits per heavy atom. The van der Waals surface area contributed by atoms with Gasteiger partial charge in [0, 0.05) is 21.9 Å². The van der Waals surface area contributed by atoms with E-state index in [4.69, 9.17) is 19.4 Å². The molecule has 0 radical (unpaired) electrons. The zero-order chi connectivity index (χ0) is 33.9. The van der Waals surface area contributed by atoms with Gasteiger partial charge in [-0.25, -0.2) is 15.0 Å². The van der Waals surface area contributed by atoms with Crippen LogP contribution in [0.5, 0.6) is 0 Å². The van der Waals surface area contributed by atoms with E-state index in [-0.39, 0.29) is 0 Å². The second-order valence-corrected chi connectivity index (χ2v) is 12.2. The van der Waals surface area contributed by atoms with Gasteiger partial charge in [-0.1, -0.05) is 152 Å². The van der Waals surface area contributed by atoms with Crippen molar-refractivity contribution in [3.63, 3.8) is 0 Å². The predicted molar refractivity (Wildman–Crippen MR) is 207 cm³/mol. The summed E-state index contributed by atoms with van der Waals surface area (Å²) in [6.45, 7) is 6.07. The zero-order valence-corrected chi connectivity index (χ0v) is 27.6. The average Bonchev–Trinajstić information content (AvgIpc) is 3.57. The Labute approximate surface area is 291 Å². The van der Waals surface area contributed by atoms with Gasteiger partial charge in [0.15, 0.2) is 17.5 Å². The molecule has 0 aliphatic heterocycles. The van der Waals surface area contributed by atoms with Crippen molar-refractivity contribution in [2.45, 2.75) is 6.92 Å². The number of hydrogen-bond acceptors (Lipinski definition) is 4. The molecular formula is C46H33N3O. The number of allylic oxidation sites excluding steroid dienone is 5. The molecule has 0 spiro atoms. The number of nitrogens with zero attached hydrogens (tertiary/aromatic N) is 3. The van der Waals surface area contributed by atoms with E-state index in [1.165, 1.54) is 0 Å². The summed E-state index contributed by atoms with van der Waals surface area (Å²) in [5, 5.41) is 2.22. The van der Waals surface area contributed by atoms with E-state index in [1.807, 2.05) is 67.6 Å². The van der Waals surface area contributed by atoms with E-state index < -0.39 is 0 Å². The van der Waals surface area contributed by atoms with Crippen molar-refractivity contribution in [3.05, 3.63) is 188 Å². The SMILES string of the molecule is C=C/C(=C\C=C(/C)c1nc(-c2ccc(-c3ccccc3)cc2)nc(-c2cccc(-c3ccc4c(c3)oc3ccccc34)c2)n1)c1ccccc1. The number of furan rings is 1. The number of benzene rings is 6. The molecular weight excluding hydrogens is 611 g/mol. The Kier molecular flexibility index (Phi) is 8.26. The van der Waals surface area contributed by atoms with Crippen LogP contribution in [-0.4, -0.2) is 15.0 Å². The van der Waals surface area contributed by atoms with Crippen molar-refractivity contribution in [2.24, 2.45) is 0 Å². The van der Waals surface area contributed by atoms with Crippen molar-refractivity contribution in [1.29, 1.82) is 0 Å². The molecule has 238 valence electrons. The molecule has 2 aromatic heterocycles. The quantitative estimate of drug-likeness (QED) is 0.155. The number of rotatable bonds is 8. The molecule has 6 aromatic carbocycles. The first-order valence-corrected chi connectivity index (χ1v) is 16.6. The van der Waals surface area contributed by atoms with Crippen LogP contribution in [0.15, 0.2) is 181 Å². The lowest BCUT2D eigenvalue weighted by atomic mass is 10.0. The van der Waals surface area contributed by atoms with Crippen LogP contribution < -0.4 is 0 Å². The molecule has 0 amide bonds. The van der Waals surface area contributed by atoms with Gasteiger partial charge >= 0.3 is 0 Å².